The molecule has 1 heterocycles. The Labute approximate surface area is 136 Å². The highest BCUT2D eigenvalue weighted by molar-refractivity contribution is 9.10. The Bertz CT molecular complexity index is 757. The molecule has 114 valence electrons. The van der Waals surface area contributed by atoms with Crippen molar-refractivity contribution in [3.05, 3.63) is 38.5 Å². The number of aryl methyl sites for hydroxylation is 1. The summed E-state index contributed by atoms with van der Waals surface area (Å²) in [6.45, 7) is 2.09. The fourth-order valence-electron chi connectivity index (χ4n) is 1.83. The number of hydrogen-bond acceptors (Lipinski definition) is 5. The molecule has 2 rings (SSSR count). The molecule has 0 unspecified atom stereocenters. The van der Waals surface area contributed by atoms with Crippen LogP contribution in [0, 0.1) is 6.92 Å². The van der Waals surface area contributed by atoms with Gasteiger partial charge in [0.1, 0.15) is 10.6 Å². The van der Waals surface area contributed by atoms with Crippen molar-refractivity contribution >= 4 is 43.0 Å². The second-order valence-electron chi connectivity index (χ2n) is 4.29. The van der Waals surface area contributed by atoms with Crippen LogP contribution in [-0.2, 0) is 16.6 Å². The maximum absolute atomic E-state index is 12.4. The topological polar surface area (TPSA) is 81.4 Å². The van der Waals surface area contributed by atoms with Gasteiger partial charge in [-0.3, -0.25) is 4.72 Å². The Hall–Kier alpha value is -1.09. The second-order valence-corrected chi connectivity index (χ2v) is 8.14. The van der Waals surface area contributed by atoms with E-state index in [0.29, 0.717) is 22.9 Å². The third kappa shape index (κ3) is 3.57. The van der Waals surface area contributed by atoms with Gasteiger partial charge in [-0.1, -0.05) is 0 Å². The molecule has 0 radical (unpaired) electrons. The molecular formula is C13H15BrN2O3S2. The van der Waals surface area contributed by atoms with Crippen LogP contribution in [0.1, 0.15) is 9.75 Å². The van der Waals surface area contributed by atoms with E-state index in [1.165, 1.54) is 18.4 Å². The number of methoxy groups -OCH3 is 1. The zero-order chi connectivity index (χ0) is 15.6. The van der Waals surface area contributed by atoms with Crippen LogP contribution in [0.5, 0.6) is 5.75 Å². The molecule has 0 aliphatic rings. The standard InChI is InChI=1S/C13H15BrN2O3S2/c1-8-13(6-10(7-15)20-8)21(17,18)16-9-3-4-11(14)12(5-9)19-2/h3-6,16H,7,15H2,1-2H3. The second kappa shape index (κ2) is 6.35. The number of anilines is 1. The number of sulfonamides is 1. The van der Waals surface area contributed by atoms with Crippen LogP contribution in [-0.4, -0.2) is 15.5 Å². The number of thiophene rings is 1. The molecule has 0 aliphatic carbocycles. The van der Waals surface area contributed by atoms with Gasteiger partial charge in [0, 0.05) is 22.4 Å². The molecule has 0 atom stereocenters. The van der Waals surface area contributed by atoms with Crippen LogP contribution in [0.25, 0.3) is 0 Å². The Morgan fingerprint density at radius 1 is 1.38 bits per heavy atom. The van der Waals surface area contributed by atoms with E-state index in [-0.39, 0.29) is 4.90 Å². The summed E-state index contributed by atoms with van der Waals surface area (Å²) < 4.78 is 33.3. The van der Waals surface area contributed by atoms with Crippen molar-refractivity contribution < 1.29 is 13.2 Å². The van der Waals surface area contributed by atoms with E-state index in [9.17, 15) is 8.42 Å². The van der Waals surface area contributed by atoms with Gasteiger partial charge in [-0.15, -0.1) is 11.3 Å². The molecule has 0 bridgehead atoms. The Kier molecular flexibility index (Phi) is 4.92. The molecule has 8 heteroatoms. The number of nitrogens with two attached hydrogens (primary N) is 1. The van der Waals surface area contributed by atoms with Gasteiger partial charge in [-0.05, 0) is 41.1 Å². The first kappa shape index (κ1) is 16.3. The van der Waals surface area contributed by atoms with Crippen LogP contribution in [0.4, 0.5) is 5.69 Å². The molecule has 0 amide bonds. The first-order chi connectivity index (χ1) is 9.87. The summed E-state index contributed by atoms with van der Waals surface area (Å²) in [5.41, 5.74) is 6.00. The smallest absolute Gasteiger partial charge is 0.263 e. The van der Waals surface area contributed by atoms with Crippen molar-refractivity contribution in [2.75, 3.05) is 11.8 Å². The van der Waals surface area contributed by atoms with E-state index in [0.717, 1.165) is 9.35 Å². The maximum Gasteiger partial charge on any atom is 0.263 e. The summed E-state index contributed by atoms with van der Waals surface area (Å²) in [4.78, 5) is 1.81. The maximum atomic E-state index is 12.4. The summed E-state index contributed by atoms with van der Waals surface area (Å²) in [6, 6.07) is 6.61. The van der Waals surface area contributed by atoms with Gasteiger partial charge >= 0.3 is 0 Å². The van der Waals surface area contributed by atoms with Gasteiger partial charge in [0.2, 0.25) is 0 Å². The van der Waals surface area contributed by atoms with Crippen LogP contribution in [0.3, 0.4) is 0 Å². The van der Waals surface area contributed by atoms with Crippen molar-refractivity contribution in [3.8, 4) is 5.75 Å². The van der Waals surface area contributed by atoms with E-state index < -0.39 is 10.0 Å². The van der Waals surface area contributed by atoms with Crippen molar-refractivity contribution in [2.24, 2.45) is 5.73 Å². The molecule has 1 aromatic heterocycles. The quantitative estimate of drug-likeness (QED) is 0.821. The lowest BCUT2D eigenvalue weighted by Crippen LogP contribution is -2.13. The van der Waals surface area contributed by atoms with Gasteiger partial charge < -0.3 is 10.5 Å². The molecule has 1 aromatic carbocycles. The van der Waals surface area contributed by atoms with Crippen molar-refractivity contribution in [1.82, 2.24) is 0 Å². The molecule has 5 nitrogen and oxygen atoms in total. The van der Waals surface area contributed by atoms with Crippen molar-refractivity contribution in [3.63, 3.8) is 0 Å². The van der Waals surface area contributed by atoms with Gasteiger partial charge in [0.05, 0.1) is 17.3 Å². The van der Waals surface area contributed by atoms with E-state index in [1.807, 2.05) is 0 Å². The van der Waals surface area contributed by atoms with Crippen molar-refractivity contribution in [2.45, 2.75) is 18.4 Å². The number of hydrogen-bond donors (Lipinski definition) is 2. The lowest BCUT2D eigenvalue weighted by Gasteiger charge is -2.10. The predicted octanol–water partition coefficient (Wildman–Crippen LogP) is 3.09. The Morgan fingerprint density at radius 3 is 2.67 bits per heavy atom. The number of halogens is 1. The summed E-state index contributed by atoms with van der Waals surface area (Å²) in [5.74, 6) is 0.555. The average molecular weight is 391 g/mol. The highest BCUT2D eigenvalue weighted by atomic mass is 79.9. The fourth-order valence-corrected chi connectivity index (χ4v) is 4.80. The zero-order valence-corrected chi connectivity index (χ0v) is 14.7. The third-order valence-electron chi connectivity index (χ3n) is 2.82. The van der Waals surface area contributed by atoms with Gasteiger partial charge in [-0.2, -0.15) is 0 Å². The van der Waals surface area contributed by atoms with E-state index >= 15 is 0 Å². The van der Waals surface area contributed by atoms with E-state index in [1.54, 1.807) is 31.2 Å². The van der Waals surface area contributed by atoms with Gasteiger partial charge in [-0.25, -0.2) is 8.42 Å². The molecule has 21 heavy (non-hydrogen) atoms. The van der Waals surface area contributed by atoms with Crippen LogP contribution in [0.15, 0.2) is 33.6 Å². The summed E-state index contributed by atoms with van der Waals surface area (Å²) >= 11 is 4.71. The normalized spacial score (nSPS) is 11.4. The minimum absolute atomic E-state index is 0.259. The third-order valence-corrected chi connectivity index (χ3v) is 6.18. The molecule has 0 spiro atoms. The molecular weight excluding hydrogens is 376 g/mol. The van der Waals surface area contributed by atoms with Gasteiger partial charge in [0.25, 0.3) is 10.0 Å². The number of nitrogens with one attached hydrogen (secondary N) is 1. The molecule has 2 aromatic rings. The Morgan fingerprint density at radius 2 is 2.10 bits per heavy atom. The first-order valence-corrected chi connectivity index (χ1v) is 9.12. The van der Waals surface area contributed by atoms with E-state index in [4.69, 9.17) is 10.5 Å². The summed E-state index contributed by atoms with van der Waals surface area (Å²) in [6.07, 6.45) is 0. The first-order valence-electron chi connectivity index (χ1n) is 6.03. The lowest BCUT2D eigenvalue weighted by molar-refractivity contribution is 0.412. The zero-order valence-electron chi connectivity index (χ0n) is 11.5. The summed E-state index contributed by atoms with van der Waals surface area (Å²) in [5, 5.41) is 0. The highest BCUT2D eigenvalue weighted by Crippen LogP contribution is 2.31. The molecule has 0 aliphatic heterocycles. The number of rotatable bonds is 5. The van der Waals surface area contributed by atoms with Crippen LogP contribution < -0.4 is 15.2 Å². The monoisotopic (exact) mass is 390 g/mol. The van der Waals surface area contributed by atoms with Crippen molar-refractivity contribution in [1.29, 1.82) is 0 Å². The SMILES string of the molecule is COc1cc(NS(=O)(=O)c2cc(CN)sc2C)ccc1Br. The Balaban J connectivity index is 2.35. The predicted molar refractivity (Wildman–Crippen MR) is 88.4 cm³/mol. The lowest BCUT2D eigenvalue weighted by atomic mass is 10.3. The average Bonchev–Trinajstić information content (AvgIpc) is 2.83. The minimum atomic E-state index is -3.64. The number of ether oxygens (including phenoxy) is 1. The number of benzene rings is 1. The van der Waals surface area contributed by atoms with E-state index in [2.05, 4.69) is 20.7 Å². The van der Waals surface area contributed by atoms with Crippen LogP contribution >= 0.6 is 27.3 Å². The largest absolute Gasteiger partial charge is 0.495 e. The molecule has 0 saturated heterocycles. The van der Waals surface area contributed by atoms with Gasteiger partial charge in [0.15, 0.2) is 0 Å². The highest BCUT2D eigenvalue weighted by Gasteiger charge is 2.20. The minimum Gasteiger partial charge on any atom is -0.495 e. The summed E-state index contributed by atoms with van der Waals surface area (Å²) in [7, 11) is -2.11. The molecule has 0 fully saturated rings. The molecule has 0 saturated carbocycles. The molecule has 3 N–H and O–H groups in total. The van der Waals surface area contributed by atoms with Crippen LogP contribution in [0.2, 0.25) is 0 Å². The fraction of sp³-hybridized carbons (Fsp3) is 0.231.